The van der Waals surface area contributed by atoms with E-state index in [9.17, 15) is 5.11 Å². The zero-order valence-corrected chi connectivity index (χ0v) is 17.5. The Hall–Kier alpha value is -0.960. The second kappa shape index (κ2) is 16.2. The van der Waals surface area contributed by atoms with Gasteiger partial charge in [-0.3, -0.25) is 0 Å². The van der Waals surface area contributed by atoms with E-state index in [0.717, 1.165) is 6.42 Å². The highest BCUT2D eigenvalue weighted by atomic mass is 16.3. The lowest BCUT2D eigenvalue weighted by Crippen LogP contribution is -2.40. The molecule has 152 valence electrons. The van der Waals surface area contributed by atoms with Gasteiger partial charge in [0.25, 0.3) is 0 Å². The van der Waals surface area contributed by atoms with E-state index in [1.54, 1.807) is 0 Å². The summed E-state index contributed by atoms with van der Waals surface area (Å²) in [6.07, 6.45) is 28.6. The molecule has 1 aliphatic heterocycles. The number of allylic oxidation sites excluding steroid dienone is 2. The second-order valence-corrected chi connectivity index (χ2v) is 7.80. The SMILES string of the molecule is CCCCCCCCCCC/C=C/CCCCCC1NC=CN1C(C)O. The van der Waals surface area contributed by atoms with Crippen LogP contribution in [0.5, 0.6) is 0 Å². The lowest BCUT2D eigenvalue weighted by molar-refractivity contribution is 0.0254. The van der Waals surface area contributed by atoms with Gasteiger partial charge in [-0.25, -0.2) is 0 Å². The summed E-state index contributed by atoms with van der Waals surface area (Å²) >= 11 is 0. The van der Waals surface area contributed by atoms with E-state index in [2.05, 4.69) is 24.4 Å². The molecule has 0 fully saturated rings. The molecular weight excluding hydrogens is 320 g/mol. The lowest BCUT2D eigenvalue weighted by Gasteiger charge is -2.28. The number of unbranched alkanes of at least 4 members (excludes halogenated alkanes) is 12. The Labute approximate surface area is 162 Å². The maximum absolute atomic E-state index is 9.68. The van der Waals surface area contributed by atoms with Crippen molar-refractivity contribution in [2.75, 3.05) is 0 Å². The Morgan fingerprint density at radius 3 is 2.00 bits per heavy atom. The van der Waals surface area contributed by atoms with Crippen molar-refractivity contribution < 1.29 is 5.11 Å². The highest BCUT2D eigenvalue weighted by Crippen LogP contribution is 2.15. The van der Waals surface area contributed by atoms with E-state index >= 15 is 0 Å². The lowest BCUT2D eigenvalue weighted by atomic mass is 10.1. The minimum atomic E-state index is -0.407. The van der Waals surface area contributed by atoms with Crippen molar-refractivity contribution >= 4 is 0 Å². The average Bonchev–Trinajstić information content (AvgIpc) is 3.10. The molecule has 1 aliphatic rings. The molecule has 3 heteroatoms. The zero-order chi connectivity index (χ0) is 18.9. The summed E-state index contributed by atoms with van der Waals surface area (Å²) in [6, 6.07) is 0. The molecule has 0 aromatic carbocycles. The number of nitrogens with zero attached hydrogens (tertiary/aromatic N) is 1. The molecule has 0 saturated carbocycles. The topological polar surface area (TPSA) is 35.5 Å². The van der Waals surface area contributed by atoms with Gasteiger partial charge in [-0.15, -0.1) is 0 Å². The van der Waals surface area contributed by atoms with E-state index in [1.807, 2.05) is 24.2 Å². The smallest absolute Gasteiger partial charge is 0.125 e. The van der Waals surface area contributed by atoms with E-state index in [0.29, 0.717) is 0 Å². The van der Waals surface area contributed by atoms with Crippen LogP contribution in [0.3, 0.4) is 0 Å². The third-order valence-electron chi connectivity index (χ3n) is 5.32. The van der Waals surface area contributed by atoms with Crippen molar-refractivity contribution in [2.24, 2.45) is 0 Å². The van der Waals surface area contributed by atoms with Gasteiger partial charge in [-0.1, -0.05) is 76.9 Å². The van der Waals surface area contributed by atoms with Gasteiger partial charge in [0, 0.05) is 12.4 Å². The Kier molecular flexibility index (Phi) is 14.4. The fraction of sp³-hybridized carbons (Fsp3) is 0.826. The van der Waals surface area contributed by atoms with Crippen LogP contribution in [0, 0.1) is 0 Å². The van der Waals surface area contributed by atoms with Crippen LogP contribution in [0.1, 0.15) is 110 Å². The summed E-state index contributed by atoms with van der Waals surface area (Å²) in [5.74, 6) is 0. The summed E-state index contributed by atoms with van der Waals surface area (Å²) in [6.45, 7) is 4.11. The molecule has 0 amide bonds. The minimum Gasteiger partial charge on any atom is -0.374 e. The molecule has 1 heterocycles. The normalized spacial score (nSPS) is 18.0. The summed E-state index contributed by atoms with van der Waals surface area (Å²) in [4.78, 5) is 1.99. The molecule has 2 unspecified atom stereocenters. The van der Waals surface area contributed by atoms with Crippen LogP contribution in [0.15, 0.2) is 24.6 Å². The van der Waals surface area contributed by atoms with E-state index in [-0.39, 0.29) is 6.17 Å². The Morgan fingerprint density at radius 2 is 1.42 bits per heavy atom. The van der Waals surface area contributed by atoms with Gasteiger partial charge in [-0.2, -0.15) is 0 Å². The van der Waals surface area contributed by atoms with Crippen LogP contribution in [0.2, 0.25) is 0 Å². The summed E-state index contributed by atoms with van der Waals surface area (Å²) in [5, 5.41) is 13.0. The van der Waals surface area contributed by atoms with Gasteiger partial charge < -0.3 is 15.3 Å². The highest BCUT2D eigenvalue weighted by molar-refractivity contribution is 4.94. The standard InChI is InChI=1S/C23H44N2O/c1-3-4-5-6-7-8-9-10-11-12-13-14-15-16-17-18-19-23-24-20-21-25(23)22(2)26/h13-14,20-24,26H,3-12,15-19H2,1-2H3/b14-13+. The Balaban J connectivity index is 1.81. The number of aliphatic hydroxyl groups is 1. The fourth-order valence-electron chi connectivity index (χ4n) is 3.63. The molecule has 0 aromatic heterocycles. The van der Waals surface area contributed by atoms with Crippen LogP contribution in [-0.4, -0.2) is 22.4 Å². The van der Waals surface area contributed by atoms with E-state index in [4.69, 9.17) is 0 Å². The molecule has 0 radical (unpaired) electrons. The molecule has 0 bridgehead atoms. The molecular formula is C23H44N2O. The van der Waals surface area contributed by atoms with Gasteiger partial charge >= 0.3 is 0 Å². The molecule has 2 N–H and O–H groups in total. The van der Waals surface area contributed by atoms with Crippen molar-refractivity contribution in [1.29, 1.82) is 0 Å². The highest BCUT2D eigenvalue weighted by Gasteiger charge is 2.20. The molecule has 3 nitrogen and oxygen atoms in total. The predicted molar refractivity (Wildman–Crippen MR) is 114 cm³/mol. The van der Waals surface area contributed by atoms with Gasteiger partial charge in [0.15, 0.2) is 0 Å². The van der Waals surface area contributed by atoms with Crippen molar-refractivity contribution in [3.63, 3.8) is 0 Å². The van der Waals surface area contributed by atoms with Gasteiger partial charge in [0.2, 0.25) is 0 Å². The van der Waals surface area contributed by atoms with Gasteiger partial charge in [0.1, 0.15) is 12.4 Å². The maximum atomic E-state index is 9.68. The zero-order valence-electron chi connectivity index (χ0n) is 17.5. The first-order valence-electron chi connectivity index (χ1n) is 11.3. The van der Waals surface area contributed by atoms with Crippen LogP contribution in [0.25, 0.3) is 0 Å². The molecule has 0 spiro atoms. The first kappa shape index (κ1) is 23.1. The van der Waals surface area contributed by atoms with E-state index in [1.165, 1.54) is 89.9 Å². The number of nitrogens with one attached hydrogen (secondary N) is 1. The molecule has 2 atom stereocenters. The van der Waals surface area contributed by atoms with Crippen molar-refractivity contribution in [3.8, 4) is 0 Å². The van der Waals surface area contributed by atoms with Crippen LogP contribution < -0.4 is 5.32 Å². The Bertz CT molecular complexity index is 365. The maximum Gasteiger partial charge on any atom is 0.125 e. The van der Waals surface area contributed by atoms with Crippen molar-refractivity contribution in [2.45, 2.75) is 123 Å². The van der Waals surface area contributed by atoms with Crippen LogP contribution in [0.4, 0.5) is 0 Å². The van der Waals surface area contributed by atoms with Gasteiger partial charge in [0.05, 0.1) is 0 Å². The van der Waals surface area contributed by atoms with E-state index < -0.39 is 6.23 Å². The first-order chi connectivity index (χ1) is 12.8. The molecule has 0 aliphatic carbocycles. The number of aliphatic hydroxyl groups excluding tert-OH is 1. The van der Waals surface area contributed by atoms with Crippen molar-refractivity contribution in [3.05, 3.63) is 24.6 Å². The third-order valence-corrected chi connectivity index (χ3v) is 5.32. The fourth-order valence-corrected chi connectivity index (χ4v) is 3.63. The molecule has 0 saturated heterocycles. The minimum absolute atomic E-state index is 0.275. The first-order valence-corrected chi connectivity index (χ1v) is 11.3. The summed E-state index contributed by atoms with van der Waals surface area (Å²) in [5.41, 5.74) is 0. The van der Waals surface area contributed by atoms with Crippen molar-refractivity contribution in [1.82, 2.24) is 10.2 Å². The number of hydrogen-bond acceptors (Lipinski definition) is 3. The second-order valence-electron chi connectivity index (χ2n) is 7.80. The molecule has 26 heavy (non-hydrogen) atoms. The predicted octanol–water partition coefficient (Wildman–Crippen LogP) is 6.45. The summed E-state index contributed by atoms with van der Waals surface area (Å²) < 4.78 is 0. The monoisotopic (exact) mass is 364 g/mol. The number of hydrogen-bond donors (Lipinski definition) is 2. The van der Waals surface area contributed by atoms with Gasteiger partial charge in [-0.05, 0) is 45.4 Å². The third kappa shape index (κ3) is 11.6. The Morgan fingerprint density at radius 1 is 0.885 bits per heavy atom. The average molecular weight is 365 g/mol. The summed E-state index contributed by atoms with van der Waals surface area (Å²) in [7, 11) is 0. The quantitative estimate of drug-likeness (QED) is 0.230. The molecule has 0 aromatic rings. The molecule has 1 rings (SSSR count). The van der Waals surface area contributed by atoms with Crippen LogP contribution >= 0.6 is 0 Å². The largest absolute Gasteiger partial charge is 0.374 e. The number of rotatable bonds is 17. The van der Waals surface area contributed by atoms with Crippen LogP contribution in [-0.2, 0) is 0 Å².